The van der Waals surface area contributed by atoms with Crippen molar-refractivity contribution < 1.29 is 9.47 Å². The van der Waals surface area contributed by atoms with Crippen LogP contribution in [0.5, 0.6) is 5.75 Å². The van der Waals surface area contributed by atoms with Crippen LogP contribution >= 0.6 is 0 Å². The van der Waals surface area contributed by atoms with Gasteiger partial charge in [0.25, 0.3) is 0 Å². The van der Waals surface area contributed by atoms with Gasteiger partial charge < -0.3 is 19.4 Å². The van der Waals surface area contributed by atoms with E-state index in [-0.39, 0.29) is 0 Å². The molecule has 108 valence electrons. The summed E-state index contributed by atoms with van der Waals surface area (Å²) in [6.07, 6.45) is 4.27. The zero-order chi connectivity index (χ0) is 14.2. The minimum absolute atomic E-state index is 0.741. The lowest BCUT2D eigenvalue weighted by Gasteiger charge is -2.06. The SMILES string of the molecule is COCCNCc1ccn(Cc2cccc(OC)c2)c1. The molecule has 2 aromatic rings. The Bertz CT molecular complexity index is 523. The van der Waals surface area contributed by atoms with Gasteiger partial charge in [-0.05, 0) is 29.3 Å². The van der Waals surface area contributed by atoms with Crippen molar-refractivity contribution in [3.05, 3.63) is 53.9 Å². The molecule has 0 fully saturated rings. The van der Waals surface area contributed by atoms with Crippen LogP contribution in [-0.2, 0) is 17.8 Å². The quantitative estimate of drug-likeness (QED) is 0.750. The van der Waals surface area contributed by atoms with Crippen molar-refractivity contribution in [2.75, 3.05) is 27.4 Å². The van der Waals surface area contributed by atoms with E-state index in [1.807, 2.05) is 12.1 Å². The van der Waals surface area contributed by atoms with E-state index < -0.39 is 0 Å². The summed E-state index contributed by atoms with van der Waals surface area (Å²) < 4.78 is 12.4. The summed E-state index contributed by atoms with van der Waals surface area (Å²) in [4.78, 5) is 0. The van der Waals surface area contributed by atoms with Gasteiger partial charge in [-0.25, -0.2) is 0 Å². The molecule has 4 heteroatoms. The van der Waals surface area contributed by atoms with Gasteiger partial charge in [0, 0.05) is 39.1 Å². The van der Waals surface area contributed by atoms with Crippen molar-refractivity contribution in [2.24, 2.45) is 0 Å². The zero-order valence-electron chi connectivity index (χ0n) is 12.1. The average molecular weight is 274 g/mol. The first-order valence-corrected chi connectivity index (χ1v) is 6.79. The van der Waals surface area contributed by atoms with Crippen molar-refractivity contribution in [3.8, 4) is 5.75 Å². The van der Waals surface area contributed by atoms with Crippen molar-refractivity contribution >= 4 is 0 Å². The van der Waals surface area contributed by atoms with Crippen LogP contribution in [0.3, 0.4) is 0 Å². The highest BCUT2D eigenvalue weighted by Crippen LogP contribution is 2.14. The molecule has 1 aromatic carbocycles. The number of hydrogen-bond acceptors (Lipinski definition) is 3. The Morgan fingerprint density at radius 2 is 2.05 bits per heavy atom. The van der Waals surface area contributed by atoms with E-state index in [0.717, 1.165) is 32.0 Å². The third-order valence-corrected chi connectivity index (χ3v) is 3.12. The molecule has 0 saturated heterocycles. The number of rotatable bonds is 8. The lowest BCUT2D eigenvalue weighted by molar-refractivity contribution is 0.199. The number of benzene rings is 1. The molecule has 0 unspecified atom stereocenters. The molecular formula is C16H22N2O2. The second kappa shape index (κ2) is 7.72. The monoisotopic (exact) mass is 274 g/mol. The Labute approximate surface area is 120 Å². The average Bonchev–Trinajstić information content (AvgIpc) is 2.91. The second-order valence-electron chi connectivity index (χ2n) is 4.71. The van der Waals surface area contributed by atoms with E-state index in [4.69, 9.17) is 9.47 Å². The van der Waals surface area contributed by atoms with Gasteiger partial charge in [0.1, 0.15) is 5.75 Å². The van der Waals surface area contributed by atoms with E-state index in [2.05, 4.69) is 40.5 Å². The molecule has 1 heterocycles. The molecule has 0 spiro atoms. The van der Waals surface area contributed by atoms with Gasteiger partial charge in [0.15, 0.2) is 0 Å². The Hall–Kier alpha value is -1.78. The van der Waals surface area contributed by atoms with E-state index in [1.165, 1.54) is 11.1 Å². The molecule has 0 radical (unpaired) electrons. The van der Waals surface area contributed by atoms with Crippen LogP contribution in [0.2, 0.25) is 0 Å². The number of aromatic nitrogens is 1. The highest BCUT2D eigenvalue weighted by molar-refractivity contribution is 5.28. The Balaban J connectivity index is 1.88. The van der Waals surface area contributed by atoms with Gasteiger partial charge in [-0.1, -0.05) is 12.1 Å². The fourth-order valence-electron chi connectivity index (χ4n) is 2.08. The summed E-state index contributed by atoms with van der Waals surface area (Å²) in [6.45, 7) is 3.34. The number of methoxy groups -OCH3 is 2. The van der Waals surface area contributed by atoms with Crippen molar-refractivity contribution in [1.29, 1.82) is 0 Å². The molecule has 4 nitrogen and oxygen atoms in total. The molecule has 1 aromatic heterocycles. The Morgan fingerprint density at radius 3 is 2.85 bits per heavy atom. The number of nitrogens with zero attached hydrogens (tertiary/aromatic N) is 1. The molecule has 0 bridgehead atoms. The predicted molar refractivity (Wildman–Crippen MR) is 80.1 cm³/mol. The van der Waals surface area contributed by atoms with Crippen molar-refractivity contribution in [1.82, 2.24) is 9.88 Å². The molecule has 0 aliphatic carbocycles. The van der Waals surface area contributed by atoms with Crippen LogP contribution < -0.4 is 10.1 Å². The van der Waals surface area contributed by atoms with Gasteiger partial charge >= 0.3 is 0 Å². The summed E-state index contributed by atoms with van der Waals surface area (Å²) in [5, 5.41) is 3.34. The maximum absolute atomic E-state index is 5.24. The summed E-state index contributed by atoms with van der Waals surface area (Å²) in [6, 6.07) is 10.3. The second-order valence-corrected chi connectivity index (χ2v) is 4.71. The van der Waals surface area contributed by atoms with Crippen LogP contribution in [0.1, 0.15) is 11.1 Å². The zero-order valence-corrected chi connectivity index (χ0v) is 12.1. The number of nitrogens with one attached hydrogen (secondary N) is 1. The van der Waals surface area contributed by atoms with Crippen molar-refractivity contribution in [2.45, 2.75) is 13.1 Å². The molecule has 0 aliphatic heterocycles. The van der Waals surface area contributed by atoms with Gasteiger partial charge in [-0.2, -0.15) is 0 Å². The van der Waals surface area contributed by atoms with Gasteiger partial charge in [0.05, 0.1) is 13.7 Å². The maximum Gasteiger partial charge on any atom is 0.119 e. The Morgan fingerprint density at radius 1 is 1.15 bits per heavy atom. The van der Waals surface area contributed by atoms with E-state index >= 15 is 0 Å². The van der Waals surface area contributed by atoms with Gasteiger partial charge in [0.2, 0.25) is 0 Å². The molecule has 0 atom stereocenters. The fourth-order valence-corrected chi connectivity index (χ4v) is 2.08. The lowest BCUT2D eigenvalue weighted by Crippen LogP contribution is -2.18. The third kappa shape index (κ3) is 4.40. The van der Waals surface area contributed by atoms with Gasteiger partial charge in [-0.15, -0.1) is 0 Å². The maximum atomic E-state index is 5.24. The molecule has 20 heavy (non-hydrogen) atoms. The highest BCUT2D eigenvalue weighted by Gasteiger charge is 2.00. The van der Waals surface area contributed by atoms with Crippen molar-refractivity contribution in [3.63, 3.8) is 0 Å². The first-order chi connectivity index (χ1) is 9.81. The number of hydrogen-bond donors (Lipinski definition) is 1. The van der Waals surface area contributed by atoms with Crippen LogP contribution in [0.15, 0.2) is 42.7 Å². The van der Waals surface area contributed by atoms with E-state index in [0.29, 0.717) is 0 Å². The summed E-state index contributed by atoms with van der Waals surface area (Å²) in [5.74, 6) is 0.899. The highest BCUT2D eigenvalue weighted by atomic mass is 16.5. The van der Waals surface area contributed by atoms with Crippen LogP contribution in [-0.4, -0.2) is 31.9 Å². The van der Waals surface area contributed by atoms with Crippen LogP contribution in [0.25, 0.3) is 0 Å². The fraction of sp³-hybridized carbons (Fsp3) is 0.375. The standard InChI is InChI=1S/C16H22N2O2/c1-19-9-7-17-11-15-6-8-18(13-15)12-14-4-3-5-16(10-14)20-2/h3-6,8,10,13,17H,7,9,11-12H2,1-2H3. The summed E-state index contributed by atoms with van der Waals surface area (Å²) in [5.41, 5.74) is 2.52. The third-order valence-electron chi connectivity index (χ3n) is 3.12. The van der Waals surface area contributed by atoms with Gasteiger partial charge in [-0.3, -0.25) is 0 Å². The molecule has 0 amide bonds. The first kappa shape index (κ1) is 14.6. The van der Waals surface area contributed by atoms with Crippen LogP contribution in [0, 0.1) is 0 Å². The minimum atomic E-state index is 0.741. The topological polar surface area (TPSA) is 35.4 Å². The Kier molecular flexibility index (Phi) is 5.65. The normalized spacial score (nSPS) is 10.7. The van der Waals surface area contributed by atoms with E-state index in [9.17, 15) is 0 Å². The molecule has 0 aliphatic rings. The molecule has 2 rings (SSSR count). The van der Waals surface area contributed by atoms with Crippen LogP contribution in [0.4, 0.5) is 0 Å². The van der Waals surface area contributed by atoms with E-state index in [1.54, 1.807) is 14.2 Å². The molecule has 0 saturated carbocycles. The summed E-state index contributed by atoms with van der Waals surface area (Å²) >= 11 is 0. The first-order valence-electron chi connectivity index (χ1n) is 6.79. The smallest absolute Gasteiger partial charge is 0.119 e. The predicted octanol–water partition coefficient (Wildman–Crippen LogP) is 2.28. The lowest BCUT2D eigenvalue weighted by atomic mass is 10.2. The molecule has 1 N–H and O–H groups in total. The summed E-state index contributed by atoms with van der Waals surface area (Å²) in [7, 11) is 3.41. The minimum Gasteiger partial charge on any atom is -0.497 e. The molecular weight excluding hydrogens is 252 g/mol. The number of ether oxygens (including phenoxy) is 2. The largest absolute Gasteiger partial charge is 0.497 e.